The maximum absolute atomic E-state index is 12.9. The van der Waals surface area contributed by atoms with Crippen LogP contribution < -0.4 is 20.3 Å². The van der Waals surface area contributed by atoms with Gasteiger partial charge in [0, 0.05) is 31.8 Å². The Kier molecular flexibility index (Phi) is 7.35. The summed E-state index contributed by atoms with van der Waals surface area (Å²) < 4.78 is 13.5. The third-order valence-electron chi connectivity index (χ3n) is 6.25. The minimum atomic E-state index is -0.0519. The van der Waals surface area contributed by atoms with Gasteiger partial charge in [0.15, 0.2) is 11.5 Å². The van der Waals surface area contributed by atoms with Crippen LogP contribution in [0.5, 0.6) is 11.5 Å². The van der Waals surface area contributed by atoms with Crippen molar-refractivity contribution in [2.75, 3.05) is 32.6 Å². The lowest BCUT2D eigenvalue weighted by Gasteiger charge is -2.32. The van der Waals surface area contributed by atoms with E-state index in [1.165, 1.54) is 24.0 Å². The fourth-order valence-corrected chi connectivity index (χ4v) is 5.51. The fourth-order valence-electron chi connectivity index (χ4n) is 4.49. The van der Waals surface area contributed by atoms with E-state index < -0.39 is 0 Å². The highest BCUT2D eigenvalue weighted by molar-refractivity contribution is 7.13. The Balaban J connectivity index is 1.32. The molecule has 0 saturated carbocycles. The number of aromatic nitrogens is 1. The number of carbonyl (C=O) groups excluding carboxylic acids is 1. The van der Waals surface area contributed by atoms with Crippen LogP contribution in [0, 0.1) is 5.92 Å². The molecule has 2 heterocycles. The van der Waals surface area contributed by atoms with Crippen molar-refractivity contribution in [2.45, 2.75) is 39.3 Å². The summed E-state index contributed by atoms with van der Waals surface area (Å²) >= 11 is 1.50. The predicted octanol–water partition coefficient (Wildman–Crippen LogP) is 4.34. The first-order valence-electron chi connectivity index (χ1n) is 11.3. The fraction of sp³-hybridized carbons (Fsp3) is 0.440. The molecule has 1 aromatic heterocycles. The summed E-state index contributed by atoms with van der Waals surface area (Å²) in [4.78, 5) is 26.6. The number of rotatable bonds is 8. The molecule has 1 saturated heterocycles. The highest BCUT2D eigenvalue weighted by atomic mass is 32.1. The molecule has 1 fully saturated rings. The first-order chi connectivity index (χ1) is 16.0. The van der Waals surface area contributed by atoms with Gasteiger partial charge in [-0.05, 0) is 62.0 Å². The normalized spacial score (nSPS) is 15.0. The monoisotopic (exact) mass is 469 g/mol. The van der Waals surface area contributed by atoms with Crippen molar-refractivity contribution < 1.29 is 14.3 Å². The van der Waals surface area contributed by atoms with Gasteiger partial charge in [-0.2, -0.15) is 0 Å². The number of piperidine rings is 1. The lowest BCUT2D eigenvalue weighted by molar-refractivity contribution is -0.114. The summed E-state index contributed by atoms with van der Waals surface area (Å²) in [5.74, 6) is 1.80. The van der Waals surface area contributed by atoms with Crippen molar-refractivity contribution in [2.24, 2.45) is 5.92 Å². The van der Waals surface area contributed by atoms with Crippen LogP contribution in [0.15, 0.2) is 41.2 Å². The first-order valence-corrected chi connectivity index (χ1v) is 12.1. The zero-order valence-corrected chi connectivity index (χ0v) is 20.2. The maximum atomic E-state index is 12.9. The van der Waals surface area contributed by atoms with Crippen molar-refractivity contribution >= 4 is 33.2 Å². The summed E-state index contributed by atoms with van der Waals surface area (Å²) in [5.41, 5.74) is 2.11. The summed E-state index contributed by atoms with van der Waals surface area (Å²) in [6.45, 7) is 5.25. The Hall–Kier alpha value is -2.84. The predicted molar refractivity (Wildman–Crippen MR) is 133 cm³/mol. The molecule has 1 N–H and O–H groups in total. The van der Waals surface area contributed by atoms with Crippen molar-refractivity contribution in [3.63, 3.8) is 0 Å². The SMILES string of the molecule is COc1cc2sn(CCC3CCN(Cc4cccc(NC(C)=O)c4)CC3)c(=O)c2cc1OC. The van der Waals surface area contributed by atoms with Crippen LogP contribution in [0.2, 0.25) is 0 Å². The van der Waals surface area contributed by atoms with Gasteiger partial charge >= 0.3 is 0 Å². The summed E-state index contributed by atoms with van der Waals surface area (Å²) in [6.07, 6.45) is 3.27. The number of benzene rings is 2. The van der Waals surface area contributed by atoms with Gasteiger partial charge in [0.05, 0.1) is 24.3 Å². The molecule has 1 aliphatic heterocycles. The van der Waals surface area contributed by atoms with Crippen molar-refractivity contribution in [1.82, 2.24) is 8.86 Å². The lowest BCUT2D eigenvalue weighted by atomic mass is 9.93. The van der Waals surface area contributed by atoms with E-state index in [9.17, 15) is 9.59 Å². The van der Waals surface area contributed by atoms with Gasteiger partial charge in [-0.1, -0.05) is 23.7 Å². The van der Waals surface area contributed by atoms with Crippen molar-refractivity contribution in [1.29, 1.82) is 0 Å². The van der Waals surface area contributed by atoms with Crippen LogP contribution in [0.1, 0.15) is 31.7 Å². The molecule has 1 aliphatic rings. The van der Waals surface area contributed by atoms with Gasteiger partial charge in [-0.3, -0.25) is 18.4 Å². The average Bonchev–Trinajstić information content (AvgIpc) is 3.12. The average molecular weight is 470 g/mol. The van der Waals surface area contributed by atoms with E-state index in [0.717, 1.165) is 55.8 Å². The van der Waals surface area contributed by atoms with Crippen molar-refractivity contribution in [3.8, 4) is 11.5 Å². The zero-order valence-electron chi connectivity index (χ0n) is 19.4. The van der Waals surface area contributed by atoms with Gasteiger partial charge in [0.1, 0.15) is 0 Å². The number of carbonyl (C=O) groups is 1. The molecule has 3 aromatic rings. The van der Waals surface area contributed by atoms with Crippen LogP contribution in [0.25, 0.3) is 10.1 Å². The maximum Gasteiger partial charge on any atom is 0.268 e. The number of hydrogen-bond acceptors (Lipinski definition) is 6. The molecule has 0 spiro atoms. The summed E-state index contributed by atoms with van der Waals surface area (Å²) in [6, 6.07) is 11.7. The molecule has 1 amide bonds. The van der Waals surface area contributed by atoms with Gasteiger partial charge in [-0.25, -0.2) is 0 Å². The number of amides is 1. The highest BCUT2D eigenvalue weighted by Gasteiger charge is 2.20. The molecule has 33 heavy (non-hydrogen) atoms. The molecule has 4 rings (SSSR count). The second kappa shape index (κ2) is 10.4. The molecule has 0 atom stereocenters. The third kappa shape index (κ3) is 5.57. The number of anilines is 1. The van der Waals surface area contributed by atoms with Crippen LogP contribution in [-0.4, -0.2) is 42.1 Å². The van der Waals surface area contributed by atoms with Gasteiger partial charge in [-0.15, -0.1) is 0 Å². The third-order valence-corrected chi connectivity index (χ3v) is 7.36. The van der Waals surface area contributed by atoms with Gasteiger partial charge < -0.3 is 14.8 Å². The molecule has 7 nitrogen and oxygen atoms in total. The smallest absolute Gasteiger partial charge is 0.268 e. The van der Waals surface area contributed by atoms with E-state index in [2.05, 4.69) is 16.3 Å². The Morgan fingerprint density at radius 1 is 1.12 bits per heavy atom. The summed E-state index contributed by atoms with van der Waals surface area (Å²) in [5, 5.41) is 3.54. The second-order valence-corrected chi connectivity index (χ2v) is 9.65. The molecule has 0 radical (unpaired) electrons. The Bertz CT molecular complexity index is 1180. The van der Waals surface area contributed by atoms with E-state index in [-0.39, 0.29) is 11.5 Å². The Morgan fingerprint density at radius 3 is 2.55 bits per heavy atom. The van der Waals surface area contributed by atoms with E-state index in [1.54, 1.807) is 20.3 Å². The van der Waals surface area contributed by atoms with E-state index >= 15 is 0 Å². The van der Waals surface area contributed by atoms with Gasteiger partial charge in [0.25, 0.3) is 5.56 Å². The molecule has 0 bridgehead atoms. The number of fused-ring (bicyclic) bond motifs is 1. The summed E-state index contributed by atoms with van der Waals surface area (Å²) in [7, 11) is 3.19. The minimum absolute atomic E-state index is 0.0486. The van der Waals surface area contributed by atoms with Gasteiger partial charge in [0.2, 0.25) is 5.91 Å². The molecule has 0 aliphatic carbocycles. The van der Waals surface area contributed by atoms with Crippen LogP contribution in [-0.2, 0) is 17.9 Å². The minimum Gasteiger partial charge on any atom is -0.493 e. The van der Waals surface area contributed by atoms with E-state index in [1.807, 2.05) is 28.2 Å². The Morgan fingerprint density at radius 2 is 1.85 bits per heavy atom. The topological polar surface area (TPSA) is 72.8 Å². The second-order valence-electron chi connectivity index (χ2n) is 8.59. The van der Waals surface area contributed by atoms with E-state index in [4.69, 9.17) is 9.47 Å². The number of ether oxygens (including phenoxy) is 2. The van der Waals surface area contributed by atoms with Crippen LogP contribution in [0.3, 0.4) is 0 Å². The van der Waals surface area contributed by atoms with Crippen LogP contribution in [0.4, 0.5) is 5.69 Å². The Labute approximate surface area is 198 Å². The molecule has 2 aromatic carbocycles. The van der Waals surface area contributed by atoms with Crippen molar-refractivity contribution in [3.05, 3.63) is 52.3 Å². The molecule has 176 valence electrons. The first kappa shape index (κ1) is 23.3. The molecule has 8 heteroatoms. The molecule has 0 unspecified atom stereocenters. The lowest BCUT2D eigenvalue weighted by Crippen LogP contribution is -2.33. The number of hydrogen-bond donors (Lipinski definition) is 1. The van der Waals surface area contributed by atoms with Crippen LogP contribution >= 0.6 is 11.5 Å². The number of methoxy groups -OCH3 is 2. The quantitative estimate of drug-likeness (QED) is 0.531. The molecular formula is C25H31N3O4S. The highest BCUT2D eigenvalue weighted by Crippen LogP contribution is 2.33. The van der Waals surface area contributed by atoms with E-state index in [0.29, 0.717) is 22.8 Å². The largest absolute Gasteiger partial charge is 0.493 e. The number of nitrogens with one attached hydrogen (secondary N) is 1. The number of nitrogens with zero attached hydrogens (tertiary/aromatic N) is 2. The number of aryl methyl sites for hydroxylation is 1. The molecular weight excluding hydrogens is 438 g/mol. The zero-order chi connectivity index (χ0) is 23.4. The standard InChI is InChI=1S/C25H31N3O4S/c1-17(29)26-20-6-4-5-19(13-20)16-27-10-7-18(8-11-27)9-12-28-25(30)21-14-22(31-2)23(32-3)15-24(21)33-28/h4-6,13-15,18H,7-12,16H2,1-3H3,(H,26,29). The number of likely N-dealkylation sites (tertiary alicyclic amines) is 1.